The third-order valence-electron chi connectivity index (χ3n) is 4.80. The molecule has 8 heteroatoms. The average Bonchev–Trinajstić information content (AvgIpc) is 2.82. The maximum Gasteiger partial charge on any atom is 0.229 e. The molecular formula is C18H21FN6O. The lowest BCUT2D eigenvalue weighted by Crippen LogP contribution is -2.28. The Hall–Kier alpha value is -2.74. The number of rotatable bonds is 3. The summed E-state index contributed by atoms with van der Waals surface area (Å²) in [5, 5.41) is 6.73. The van der Waals surface area contributed by atoms with Gasteiger partial charge in [-0.2, -0.15) is 4.98 Å². The summed E-state index contributed by atoms with van der Waals surface area (Å²) in [6.07, 6.45) is 1.98. The molecule has 1 saturated heterocycles. The molecule has 0 bridgehead atoms. The van der Waals surface area contributed by atoms with E-state index in [0.29, 0.717) is 18.7 Å². The first kappa shape index (κ1) is 16.7. The van der Waals surface area contributed by atoms with E-state index in [9.17, 15) is 9.18 Å². The van der Waals surface area contributed by atoms with Gasteiger partial charge in [0.25, 0.3) is 0 Å². The zero-order valence-corrected chi connectivity index (χ0v) is 14.3. The van der Waals surface area contributed by atoms with Gasteiger partial charge in [-0.05, 0) is 37.2 Å². The van der Waals surface area contributed by atoms with Crippen molar-refractivity contribution in [1.29, 1.82) is 0 Å². The van der Waals surface area contributed by atoms with Crippen LogP contribution in [0.15, 0.2) is 24.3 Å². The normalized spacial score (nSPS) is 20.0. The molecule has 0 saturated carbocycles. The number of fused-ring (bicyclic) bond motifs is 1. The van der Waals surface area contributed by atoms with Crippen LogP contribution >= 0.6 is 0 Å². The highest BCUT2D eigenvalue weighted by Crippen LogP contribution is 2.26. The first-order valence-corrected chi connectivity index (χ1v) is 8.78. The Morgan fingerprint density at radius 1 is 1.19 bits per heavy atom. The van der Waals surface area contributed by atoms with Gasteiger partial charge in [-0.15, -0.1) is 0 Å². The Morgan fingerprint density at radius 3 is 2.77 bits per heavy atom. The molecule has 2 aliphatic heterocycles. The lowest BCUT2D eigenvalue weighted by Gasteiger charge is -2.19. The first-order chi connectivity index (χ1) is 12.6. The molecule has 1 fully saturated rings. The fourth-order valence-corrected chi connectivity index (χ4v) is 3.55. The van der Waals surface area contributed by atoms with E-state index < -0.39 is 0 Å². The number of hydrogen-bond donors (Lipinski definition) is 3. The van der Waals surface area contributed by atoms with E-state index in [-0.39, 0.29) is 23.7 Å². The molecule has 136 valence electrons. The largest absolute Gasteiger partial charge is 0.368 e. The lowest BCUT2D eigenvalue weighted by molar-refractivity contribution is -0.117. The van der Waals surface area contributed by atoms with Gasteiger partial charge in [0.2, 0.25) is 11.9 Å². The number of anilines is 3. The van der Waals surface area contributed by atoms with E-state index in [1.807, 2.05) is 0 Å². The van der Waals surface area contributed by atoms with Gasteiger partial charge < -0.3 is 21.3 Å². The summed E-state index contributed by atoms with van der Waals surface area (Å²) in [6.45, 7) is 2.23. The molecule has 4 N–H and O–H groups in total. The summed E-state index contributed by atoms with van der Waals surface area (Å²) in [6, 6.07) is 5.89. The van der Waals surface area contributed by atoms with Crippen molar-refractivity contribution in [2.75, 3.05) is 35.6 Å². The number of halogens is 1. The number of hydrogen-bond acceptors (Lipinski definition) is 6. The molecule has 7 nitrogen and oxygen atoms in total. The molecule has 1 aromatic heterocycles. The number of carbonyl (C=O) groups excluding carboxylic acids is 1. The van der Waals surface area contributed by atoms with Gasteiger partial charge in [-0.25, -0.2) is 9.37 Å². The molecule has 2 aliphatic rings. The quantitative estimate of drug-likeness (QED) is 0.762. The zero-order chi connectivity index (χ0) is 18.1. The SMILES string of the molecule is Nc1nc2c(c(NC3CC(=O)N(c4ccc(F)cc4)C3)n1)CCNCC2. The van der Waals surface area contributed by atoms with Crippen LogP contribution in [-0.4, -0.2) is 41.6 Å². The van der Waals surface area contributed by atoms with Crippen LogP contribution < -0.4 is 21.3 Å². The highest BCUT2D eigenvalue weighted by molar-refractivity contribution is 5.96. The number of carbonyl (C=O) groups is 1. The molecule has 26 heavy (non-hydrogen) atoms. The van der Waals surface area contributed by atoms with Crippen LogP contribution in [0.1, 0.15) is 17.7 Å². The van der Waals surface area contributed by atoms with Crippen molar-refractivity contribution < 1.29 is 9.18 Å². The second-order valence-corrected chi connectivity index (χ2v) is 6.63. The fraction of sp³-hybridized carbons (Fsp3) is 0.389. The van der Waals surface area contributed by atoms with Crippen LogP contribution in [0, 0.1) is 5.82 Å². The standard InChI is InChI=1S/C18H21FN6O/c19-11-1-3-13(4-2-11)25-10-12(9-16(25)26)22-17-14-5-7-21-8-6-15(14)23-18(20)24-17/h1-4,12,21H,5-10H2,(H3,20,22,23,24). The van der Waals surface area contributed by atoms with Crippen LogP contribution in [0.2, 0.25) is 0 Å². The number of nitrogens with zero attached hydrogens (tertiary/aromatic N) is 3. The molecule has 1 atom stereocenters. The summed E-state index contributed by atoms with van der Waals surface area (Å²) in [4.78, 5) is 22.8. The Morgan fingerprint density at radius 2 is 1.96 bits per heavy atom. The van der Waals surface area contributed by atoms with Crippen LogP contribution in [0.5, 0.6) is 0 Å². The molecule has 2 aromatic rings. The summed E-state index contributed by atoms with van der Waals surface area (Å²) in [7, 11) is 0. The minimum atomic E-state index is -0.317. The first-order valence-electron chi connectivity index (χ1n) is 8.78. The summed E-state index contributed by atoms with van der Waals surface area (Å²) in [5.41, 5.74) is 8.60. The molecule has 0 radical (unpaired) electrons. The summed E-state index contributed by atoms with van der Waals surface area (Å²) < 4.78 is 13.1. The molecule has 4 rings (SSSR count). The fourth-order valence-electron chi connectivity index (χ4n) is 3.55. The predicted octanol–water partition coefficient (Wildman–Crippen LogP) is 1.10. The highest BCUT2D eigenvalue weighted by Gasteiger charge is 2.31. The molecule has 3 heterocycles. The van der Waals surface area contributed by atoms with Crippen molar-refractivity contribution in [3.05, 3.63) is 41.3 Å². The number of aromatic nitrogens is 2. The smallest absolute Gasteiger partial charge is 0.229 e. The molecule has 0 spiro atoms. The zero-order valence-electron chi connectivity index (χ0n) is 14.3. The lowest BCUT2D eigenvalue weighted by atomic mass is 10.1. The Kier molecular flexibility index (Phi) is 4.42. The Bertz CT molecular complexity index is 825. The van der Waals surface area contributed by atoms with E-state index in [1.165, 1.54) is 12.1 Å². The van der Waals surface area contributed by atoms with E-state index >= 15 is 0 Å². The van der Waals surface area contributed by atoms with Gasteiger partial charge in [0, 0.05) is 37.2 Å². The van der Waals surface area contributed by atoms with Crippen LogP contribution in [-0.2, 0) is 17.6 Å². The summed E-state index contributed by atoms with van der Waals surface area (Å²) in [5.74, 6) is 0.648. The number of nitrogens with two attached hydrogens (primary N) is 1. The maximum atomic E-state index is 13.1. The summed E-state index contributed by atoms with van der Waals surface area (Å²) >= 11 is 0. The van der Waals surface area contributed by atoms with Gasteiger partial charge in [0.15, 0.2) is 0 Å². The highest BCUT2D eigenvalue weighted by atomic mass is 19.1. The second kappa shape index (κ2) is 6.87. The van der Waals surface area contributed by atoms with Gasteiger partial charge in [0.1, 0.15) is 11.6 Å². The van der Waals surface area contributed by atoms with Crippen LogP contribution in [0.3, 0.4) is 0 Å². The third kappa shape index (κ3) is 3.32. The molecule has 1 aromatic carbocycles. The van der Waals surface area contributed by atoms with Crippen molar-refractivity contribution in [2.45, 2.75) is 25.3 Å². The van der Waals surface area contributed by atoms with Crippen molar-refractivity contribution in [2.24, 2.45) is 0 Å². The molecular weight excluding hydrogens is 335 g/mol. The number of nitrogens with one attached hydrogen (secondary N) is 2. The minimum Gasteiger partial charge on any atom is -0.368 e. The maximum absolute atomic E-state index is 13.1. The van der Waals surface area contributed by atoms with E-state index in [4.69, 9.17) is 5.73 Å². The molecule has 1 amide bonds. The monoisotopic (exact) mass is 356 g/mol. The van der Waals surface area contributed by atoms with E-state index in [0.717, 1.165) is 43.0 Å². The second-order valence-electron chi connectivity index (χ2n) is 6.63. The average molecular weight is 356 g/mol. The van der Waals surface area contributed by atoms with Gasteiger partial charge in [0.05, 0.1) is 11.7 Å². The van der Waals surface area contributed by atoms with Crippen molar-refractivity contribution in [3.8, 4) is 0 Å². The predicted molar refractivity (Wildman–Crippen MR) is 97.5 cm³/mol. The molecule has 1 unspecified atom stereocenters. The van der Waals surface area contributed by atoms with E-state index in [1.54, 1.807) is 17.0 Å². The van der Waals surface area contributed by atoms with Gasteiger partial charge >= 0.3 is 0 Å². The van der Waals surface area contributed by atoms with Crippen LogP contribution in [0.25, 0.3) is 0 Å². The third-order valence-corrected chi connectivity index (χ3v) is 4.80. The topological polar surface area (TPSA) is 96.2 Å². The Balaban J connectivity index is 1.54. The van der Waals surface area contributed by atoms with Gasteiger partial charge in [-0.3, -0.25) is 4.79 Å². The van der Waals surface area contributed by atoms with E-state index in [2.05, 4.69) is 20.6 Å². The number of amides is 1. The minimum absolute atomic E-state index is 0.00360. The number of nitrogen functional groups attached to an aromatic ring is 1. The van der Waals surface area contributed by atoms with Crippen LogP contribution in [0.4, 0.5) is 21.8 Å². The van der Waals surface area contributed by atoms with Crippen molar-refractivity contribution >= 4 is 23.4 Å². The number of benzene rings is 1. The molecule has 0 aliphatic carbocycles. The van der Waals surface area contributed by atoms with Gasteiger partial charge in [-0.1, -0.05) is 0 Å². The van der Waals surface area contributed by atoms with Crippen molar-refractivity contribution in [3.63, 3.8) is 0 Å². The Labute approximate surface area is 150 Å². The van der Waals surface area contributed by atoms with Crippen molar-refractivity contribution in [1.82, 2.24) is 15.3 Å².